The van der Waals surface area contributed by atoms with E-state index < -0.39 is 29.1 Å². The molecule has 6 heteroatoms. The number of rotatable bonds is 7. The fraction of sp³-hybridized carbons (Fsp3) is 0.667. The molecule has 0 spiro atoms. The number of esters is 2. The maximum absolute atomic E-state index is 11.5. The third kappa shape index (κ3) is 5.76. The quantitative estimate of drug-likeness (QED) is 0.524. The first-order chi connectivity index (χ1) is 11.0. The molecule has 0 saturated carbocycles. The van der Waals surface area contributed by atoms with Crippen molar-refractivity contribution in [3.8, 4) is 0 Å². The Hall–Kier alpha value is -1.66. The van der Waals surface area contributed by atoms with E-state index in [1.165, 1.54) is 0 Å². The number of carbonyl (C=O) groups is 2. The highest BCUT2D eigenvalue weighted by molar-refractivity contribution is 5.87. The fourth-order valence-corrected chi connectivity index (χ4v) is 1.98. The molecule has 0 bridgehead atoms. The molecule has 1 aliphatic rings. The van der Waals surface area contributed by atoms with Crippen LogP contribution in [0.2, 0.25) is 0 Å². The number of hydrogen-bond donors (Lipinski definition) is 0. The van der Waals surface area contributed by atoms with Crippen LogP contribution in [0, 0.1) is 10.8 Å². The third-order valence-electron chi connectivity index (χ3n) is 3.63. The van der Waals surface area contributed by atoms with Gasteiger partial charge in [-0.3, -0.25) is 0 Å². The van der Waals surface area contributed by atoms with Gasteiger partial charge >= 0.3 is 11.9 Å². The van der Waals surface area contributed by atoms with E-state index in [0.717, 1.165) is 0 Å². The van der Waals surface area contributed by atoms with Crippen LogP contribution in [0.25, 0.3) is 0 Å². The van der Waals surface area contributed by atoms with Gasteiger partial charge in [0.15, 0.2) is 6.29 Å². The molecule has 0 aliphatic carbocycles. The van der Waals surface area contributed by atoms with Gasteiger partial charge in [-0.05, 0) is 13.8 Å². The molecular formula is C18H28O6. The molecule has 1 heterocycles. The second kappa shape index (κ2) is 7.94. The van der Waals surface area contributed by atoms with E-state index >= 15 is 0 Å². The van der Waals surface area contributed by atoms with Crippen molar-refractivity contribution in [2.75, 3.05) is 26.4 Å². The van der Waals surface area contributed by atoms with Gasteiger partial charge in [0.25, 0.3) is 0 Å². The highest BCUT2D eigenvalue weighted by atomic mass is 16.7. The Kier molecular flexibility index (Phi) is 6.75. The molecular weight excluding hydrogens is 312 g/mol. The van der Waals surface area contributed by atoms with Gasteiger partial charge in [-0.2, -0.15) is 0 Å². The molecule has 1 fully saturated rings. The zero-order chi connectivity index (χ0) is 18.5. The zero-order valence-corrected chi connectivity index (χ0v) is 15.3. The Labute approximate surface area is 143 Å². The predicted octanol–water partition coefficient (Wildman–Crippen LogP) is 2.63. The molecule has 0 amide bonds. The molecule has 0 aromatic carbocycles. The number of hydrogen-bond acceptors (Lipinski definition) is 6. The fourth-order valence-electron chi connectivity index (χ4n) is 1.98. The van der Waals surface area contributed by atoms with Gasteiger partial charge in [-0.25, -0.2) is 9.59 Å². The van der Waals surface area contributed by atoms with Gasteiger partial charge in [0.2, 0.25) is 0 Å². The summed E-state index contributed by atoms with van der Waals surface area (Å²) in [4.78, 5) is 23.0. The van der Waals surface area contributed by atoms with Crippen molar-refractivity contribution < 1.29 is 28.5 Å². The highest BCUT2D eigenvalue weighted by Gasteiger charge is 2.41. The van der Waals surface area contributed by atoms with Crippen LogP contribution in [0.5, 0.6) is 0 Å². The van der Waals surface area contributed by atoms with Gasteiger partial charge in [-0.15, -0.1) is 0 Å². The Morgan fingerprint density at radius 3 is 2.00 bits per heavy atom. The minimum atomic E-state index is -0.514. The lowest BCUT2D eigenvalue weighted by molar-refractivity contribution is -0.276. The van der Waals surface area contributed by atoms with Crippen molar-refractivity contribution in [2.24, 2.45) is 10.8 Å². The Morgan fingerprint density at radius 2 is 1.54 bits per heavy atom. The van der Waals surface area contributed by atoms with E-state index in [0.29, 0.717) is 24.4 Å². The van der Waals surface area contributed by atoms with E-state index in [1.54, 1.807) is 13.8 Å². The second-order valence-electron chi connectivity index (χ2n) is 7.47. The van der Waals surface area contributed by atoms with Gasteiger partial charge in [0, 0.05) is 22.0 Å². The molecule has 136 valence electrons. The summed E-state index contributed by atoms with van der Waals surface area (Å²) in [6.07, 6.45) is -0.514. The average Bonchev–Trinajstić information content (AvgIpc) is 2.50. The molecule has 0 aromatic heterocycles. The van der Waals surface area contributed by atoms with Crippen molar-refractivity contribution in [3.63, 3.8) is 0 Å². The molecule has 1 rings (SSSR count). The van der Waals surface area contributed by atoms with Gasteiger partial charge < -0.3 is 18.9 Å². The van der Waals surface area contributed by atoms with Crippen LogP contribution in [0.15, 0.2) is 24.3 Å². The van der Waals surface area contributed by atoms with Crippen LogP contribution in [0.1, 0.15) is 34.6 Å². The summed E-state index contributed by atoms with van der Waals surface area (Å²) in [7, 11) is 0. The summed E-state index contributed by atoms with van der Waals surface area (Å²) in [5.74, 6) is -0.860. The zero-order valence-electron chi connectivity index (χ0n) is 15.3. The Morgan fingerprint density at radius 1 is 1.08 bits per heavy atom. The molecule has 0 aromatic rings. The maximum atomic E-state index is 11.5. The first-order valence-electron chi connectivity index (χ1n) is 7.85. The third-order valence-corrected chi connectivity index (χ3v) is 3.63. The summed E-state index contributed by atoms with van der Waals surface area (Å²) in [5.41, 5.74) is -0.231. The Bertz CT molecular complexity index is 512. The molecule has 24 heavy (non-hydrogen) atoms. The van der Waals surface area contributed by atoms with Gasteiger partial charge in [-0.1, -0.05) is 33.9 Å². The molecule has 0 atom stereocenters. The second-order valence-corrected chi connectivity index (χ2v) is 7.47. The molecule has 0 radical (unpaired) electrons. The first-order valence-corrected chi connectivity index (χ1v) is 7.85. The summed E-state index contributed by atoms with van der Waals surface area (Å²) >= 11 is 0. The lowest BCUT2D eigenvalue weighted by atomic mass is 9.89. The van der Waals surface area contributed by atoms with E-state index in [2.05, 4.69) is 13.2 Å². The van der Waals surface area contributed by atoms with Crippen molar-refractivity contribution in [1.82, 2.24) is 0 Å². The first kappa shape index (κ1) is 20.4. The van der Waals surface area contributed by atoms with E-state index in [9.17, 15) is 9.59 Å². The molecule has 1 saturated heterocycles. The largest absolute Gasteiger partial charge is 0.462 e. The van der Waals surface area contributed by atoms with Crippen LogP contribution in [-0.2, 0) is 28.5 Å². The summed E-state index contributed by atoms with van der Waals surface area (Å²) in [6, 6.07) is 0. The standard InChI is InChI=1S/C18H28O6/c1-12(2)14(19)21-8-17(5,6)16-23-10-18(7,11-24-16)9-22-15(20)13(3)4/h16H,1,3,8-11H2,2,4-7H3. The number of carbonyl (C=O) groups excluding carboxylic acids is 2. The van der Waals surface area contributed by atoms with E-state index in [-0.39, 0.29) is 13.2 Å². The molecule has 0 N–H and O–H groups in total. The lowest BCUT2D eigenvalue weighted by Crippen LogP contribution is -2.49. The van der Waals surface area contributed by atoms with Gasteiger partial charge in [0.1, 0.15) is 13.2 Å². The van der Waals surface area contributed by atoms with Crippen LogP contribution in [0.4, 0.5) is 0 Å². The van der Waals surface area contributed by atoms with Crippen LogP contribution < -0.4 is 0 Å². The van der Waals surface area contributed by atoms with E-state index in [4.69, 9.17) is 18.9 Å². The minimum Gasteiger partial charge on any atom is -0.462 e. The van der Waals surface area contributed by atoms with Crippen molar-refractivity contribution >= 4 is 11.9 Å². The van der Waals surface area contributed by atoms with Crippen LogP contribution in [0.3, 0.4) is 0 Å². The van der Waals surface area contributed by atoms with Gasteiger partial charge in [0.05, 0.1) is 13.2 Å². The SMILES string of the molecule is C=C(C)C(=O)OCC1(C)COC(C(C)(C)COC(=O)C(=C)C)OC1. The normalized spacial score (nSPS) is 24.1. The summed E-state index contributed by atoms with van der Waals surface area (Å²) in [6.45, 7) is 17.1. The van der Waals surface area contributed by atoms with E-state index in [1.807, 2.05) is 20.8 Å². The molecule has 0 unspecified atom stereocenters. The Balaban J connectivity index is 2.51. The van der Waals surface area contributed by atoms with Crippen molar-refractivity contribution in [3.05, 3.63) is 24.3 Å². The molecule has 6 nitrogen and oxygen atoms in total. The smallest absolute Gasteiger partial charge is 0.333 e. The summed E-state index contributed by atoms with van der Waals surface area (Å²) < 4.78 is 22.0. The number of ether oxygens (including phenoxy) is 4. The van der Waals surface area contributed by atoms with Crippen LogP contribution in [-0.4, -0.2) is 44.7 Å². The maximum Gasteiger partial charge on any atom is 0.333 e. The van der Waals surface area contributed by atoms with Crippen molar-refractivity contribution in [2.45, 2.75) is 40.9 Å². The molecule has 1 aliphatic heterocycles. The highest BCUT2D eigenvalue weighted by Crippen LogP contribution is 2.33. The minimum absolute atomic E-state index is 0.157. The summed E-state index contributed by atoms with van der Waals surface area (Å²) in [5, 5.41) is 0. The average molecular weight is 340 g/mol. The topological polar surface area (TPSA) is 71.1 Å². The lowest BCUT2D eigenvalue weighted by Gasteiger charge is -2.42. The van der Waals surface area contributed by atoms with Crippen molar-refractivity contribution in [1.29, 1.82) is 0 Å². The predicted molar refractivity (Wildman–Crippen MR) is 89.1 cm³/mol. The monoisotopic (exact) mass is 340 g/mol. The van der Waals surface area contributed by atoms with Crippen LogP contribution >= 0.6 is 0 Å².